The van der Waals surface area contributed by atoms with Crippen molar-refractivity contribution in [2.24, 2.45) is 0 Å². The Balaban J connectivity index is 1.49. The van der Waals surface area contributed by atoms with Crippen molar-refractivity contribution in [2.75, 3.05) is 19.6 Å². The van der Waals surface area contributed by atoms with E-state index in [2.05, 4.69) is 33.9 Å². The summed E-state index contributed by atoms with van der Waals surface area (Å²) in [6.45, 7) is 3.75. The minimum Gasteiger partial charge on any atom is -0.299 e. The van der Waals surface area contributed by atoms with Crippen LogP contribution in [0, 0.1) is 0 Å². The van der Waals surface area contributed by atoms with Gasteiger partial charge < -0.3 is 0 Å². The van der Waals surface area contributed by atoms with Gasteiger partial charge in [0.15, 0.2) is 0 Å². The third-order valence-corrected chi connectivity index (χ3v) is 6.44. The van der Waals surface area contributed by atoms with Gasteiger partial charge in [-0.1, -0.05) is 42.3 Å². The molecule has 0 radical (unpaired) electrons. The van der Waals surface area contributed by atoms with Gasteiger partial charge >= 0.3 is 0 Å². The first kappa shape index (κ1) is 19.4. The van der Waals surface area contributed by atoms with Gasteiger partial charge in [-0.25, -0.2) is 13.1 Å². The predicted molar refractivity (Wildman–Crippen MR) is 106 cm³/mol. The SMILES string of the molecule is O=S(=O)(NCCc1ccc(CN2CCCCC2)cc1)c1ccc(Cl)cc1. The molecule has 0 bridgehead atoms. The van der Waals surface area contributed by atoms with Gasteiger partial charge in [-0.15, -0.1) is 0 Å². The summed E-state index contributed by atoms with van der Waals surface area (Å²) in [6, 6.07) is 14.7. The molecule has 6 heteroatoms. The van der Waals surface area contributed by atoms with Crippen LogP contribution in [0.2, 0.25) is 5.02 Å². The Morgan fingerprint density at radius 1 is 0.885 bits per heavy atom. The Morgan fingerprint density at radius 2 is 1.50 bits per heavy atom. The van der Waals surface area contributed by atoms with Crippen LogP contribution in [-0.4, -0.2) is 33.0 Å². The molecule has 26 heavy (non-hydrogen) atoms. The molecular formula is C20H25ClN2O2S. The van der Waals surface area contributed by atoms with Crippen molar-refractivity contribution < 1.29 is 8.42 Å². The van der Waals surface area contributed by atoms with Crippen LogP contribution in [0.25, 0.3) is 0 Å². The zero-order valence-corrected chi connectivity index (χ0v) is 16.4. The topological polar surface area (TPSA) is 49.4 Å². The third kappa shape index (κ3) is 5.55. The fourth-order valence-electron chi connectivity index (χ4n) is 3.21. The summed E-state index contributed by atoms with van der Waals surface area (Å²) in [5.74, 6) is 0. The van der Waals surface area contributed by atoms with E-state index in [-0.39, 0.29) is 4.90 Å². The van der Waals surface area contributed by atoms with Crippen LogP contribution >= 0.6 is 11.6 Å². The monoisotopic (exact) mass is 392 g/mol. The Bertz CT molecular complexity index is 799. The van der Waals surface area contributed by atoms with Crippen molar-refractivity contribution in [3.63, 3.8) is 0 Å². The van der Waals surface area contributed by atoms with Crippen LogP contribution < -0.4 is 4.72 Å². The summed E-state index contributed by atoms with van der Waals surface area (Å²) in [5.41, 5.74) is 2.45. The number of likely N-dealkylation sites (tertiary alicyclic amines) is 1. The molecule has 0 amide bonds. The summed E-state index contributed by atoms with van der Waals surface area (Å²) in [4.78, 5) is 2.73. The molecule has 1 fully saturated rings. The molecule has 1 aliphatic rings. The molecule has 2 aromatic rings. The number of nitrogens with zero attached hydrogens (tertiary/aromatic N) is 1. The fourth-order valence-corrected chi connectivity index (χ4v) is 4.37. The number of sulfonamides is 1. The van der Waals surface area contributed by atoms with E-state index in [1.165, 1.54) is 50.0 Å². The van der Waals surface area contributed by atoms with Gasteiger partial charge in [-0.05, 0) is 67.7 Å². The van der Waals surface area contributed by atoms with Crippen molar-refractivity contribution in [3.05, 3.63) is 64.7 Å². The predicted octanol–water partition coefficient (Wildman–Crippen LogP) is 3.85. The van der Waals surface area contributed by atoms with E-state index in [9.17, 15) is 8.42 Å². The van der Waals surface area contributed by atoms with Gasteiger partial charge in [0.05, 0.1) is 4.90 Å². The lowest BCUT2D eigenvalue weighted by molar-refractivity contribution is 0.221. The lowest BCUT2D eigenvalue weighted by Gasteiger charge is -2.26. The highest BCUT2D eigenvalue weighted by molar-refractivity contribution is 7.89. The van der Waals surface area contributed by atoms with E-state index in [1.54, 1.807) is 12.1 Å². The van der Waals surface area contributed by atoms with Crippen molar-refractivity contribution >= 4 is 21.6 Å². The van der Waals surface area contributed by atoms with Gasteiger partial charge in [0.2, 0.25) is 10.0 Å². The van der Waals surface area contributed by atoms with Crippen LogP contribution in [0.5, 0.6) is 0 Å². The number of rotatable bonds is 7. The van der Waals surface area contributed by atoms with Gasteiger partial charge in [0.1, 0.15) is 0 Å². The first-order valence-corrected chi connectivity index (χ1v) is 10.9. The maximum atomic E-state index is 12.2. The molecule has 1 aliphatic heterocycles. The summed E-state index contributed by atoms with van der Waals surface area (Å²) in [6.07, 6.45) is 4.61. The Hall–Kier alpha value is -1.40. The maximum absolute atomic E-state index is 12.2. The average Bonchev–Trinajstić information content (AvgIpc) is 2.64. The number of hydrogen-bond donors (Lipinski definition) is 1. The molecule has 3 rings (SSSR count). The second kappa shape index (κ2) is 9.00. The van der Waals surface area contributed by atoms with E-state index in [4.69, 9.17) is 11.6 Å². The van der Waals surface area contributed by atoms with Gasteiger partial charge in [0.25, 0.3) is 0 Å². The molecule has 0 aromatic heterocycles. The average molecular weight is 393 g/mol. The maximum Gasteiger partial charge on any atom is 0.240 e. The molecule has 1 heterocycles. The van der Waals surface area contributed by atoms with E-state index >= 15 is 0 Å². The lowest BCUT2D eigenvalue weighted by atomic mass is 10.1. The van der Waals surface area contributed by atoms with Crippen molar-refractivity contribution in [1.82, 2.24) is 9.62 Å². The first-order chi connectivity index (χ1) is 12.5. The van der Waals surface area contributed by atoms with E-state index in [0.29, 0.717) is 18.0 Å². The van der Waals surface area contributed by atoms with Crippen LogP contribution in [-0.2, 0) is 23.0 Å². The summed E-state index contributed by atoms with van der Waals surface area (Å²) in [7, 11) is -3.49. The van der Waals surface area contributed by atoms with Crippen LogP contribution in [0.15, 0.2) is 53.4 Å². The normalized spacial score (nSPS) is 15.9. The van der Waals surface area contributed by atoms with E-state index < -0.39 is 10.0 Å². The number of nitrogens with one attached hydrogen (secondary N) is 1. The summed E-state index contributed by atoms with van der Waals surface area (Å²) in [5, 5.41) is 0.522. The van der Waals surface area contributed by atoms with Gasteiger partial charge in [-0.2, -0.15) is 0 Å². The lowest BCUT2D eigenvalue weighted by Crippen LogP contribution is -2.29. The highest BCUT2D eigenvalue weighted by Gasteiger charge is 2.13. The molecule has 0 spiro atoms. The quantitative estimate of drug-likeness (QED) is 0.778. The van der Waals surface area contributed by atoms with Gasteiger partial charge in [-0.3, -0.25) is 4.90 Å². The van der Waals surface area contributed by atoms with Crippen LogP contribution in [0.1, 0.15) is 30.4 Å². The number of piperidine rings is 1. The molecule has 0 saturated carbocycles. The second-order valence-electron chi connectivity index (χ2n) is 6.75. The molecule has 140 valence electrons. The summed E-state index contributed by atoms with van der Waals surface area (Å²) < 4.78 is 27.1. The Morgan fingerprint density at radius 3 is 2.15 bits per heavy atom. The number of halogens is 1. The summed E-state index contributed by atoms with van der Waals surface area (Å²) >= 11 is 5.80. The molecule has 1 saturated heterocycles. The minimum absolute atomic E-state index is 0.235. The number of hydrogen-bond acceptors (Lipinski definition) is 3. The van der Waals surface area contributed by atoms with E-state index in [1.807, 2.05) is 0 Å². The van der Waals surface area contributed by atoms with Crippen molar-refractivity contribution in [3.8, 4) is 0 Å². The van der Waals surface area contributed by atoms with Crippen molar-refractivity contribution in [1.29, 1.82) is 0 Å². The molecule has 1 N–H and O–H groups in total. The first-order valence-electron chi connectivity index (χ1n) is 9.08. The smallest absolute Gasteiger partial charge is 0.240 e. The highest BCUT2D eigenvalue weighted by Crippen LogP contribution is 2.15. The zero-order valence-electron chi connectivity index (χ0n) is 14.8. The second-order valence-corrected chi connectivity index (χ2v) is 8.96. The third-order valence-electron chi connectivity index (χ3n) is 4.71. The molecule has 4 nitrogen and oxygen atoms in total. The standard InChI is InChI=1S/C20H25ClN2O2S/c21-19-8-10-20(11-9-19)26(24,25)22-13-12-17-4-6-18(7-5-17)16-23-14-2-1-3-15-23/h4-11,22H,1-3,12-16H2. The molecular weight excluding hydrogens is 368 g/mol. The number of benzene rings is 2. The van der Waals surface area contributed by atoms with Gasteiger partial charge in [0, 0.05) is 18.1 Å². The Kier molecular flexibility index (Phi) is 6.70. The van der Waals surface area contributed by atoms with Crippen LogP contribution in [0.3, 0.4) is 0 Å². The molecule has 0 aliphatic carbocycles. The zero-order chi connectivity index (χ0) is 18.4. The molecule has 0 atom stereocenters. The fraction of sp³-hybridized carbons (Fsp3) is 0.400. The minimum atomic E-state index is -3.49. The Labute approximate surface area is 161 Å². The van der Waals surface area contributed by atoms with E-state index in [0.717, 1.165) is 12.1 Å². The highest BCUT2D eigenvalue weighted by atomic mass is 35.5. The van der Waals surface area contributed by atoms with Crippen molar-refractivity contribution in [2.45, 2.75) is 37.1 Å². The molecule has 0 unspecified atom stereocenters. The largest absolute Gasteiger partial charge is 0.299 e. The molecule has 2 aromatic carbocycles. The van der Waals surface area contributed by atoms with Crippen LogP contribution in [0.4, 0.5) is 0 Å².